The normalized spacial score (nSPS) is 20.3. The van der Waals surface area contributed by atoms with E-state index in [1.807, 2.05) is 11.9 Å². The lowest BCUT2D eigenvalue weighted by Gasteiger charge is -2.21. The zero-order valence-electron chi connectivity index (χ0n) is 13.4. The van der Waals surface area contributed by atoms with Crippen molar-refractivity contribution in [3.63, 3.8) is 0 Å². The minimum Gasteiger partial charge on any atom is -0.442 e. The summed E-state index contributed by atoms with van der Waals surface area (Å²) < 4.78 is 19.7. The van der Waals surface area contributed by atoms with Crippen LogP contribution in [0.1, 0.15) is 0 Å². The number of nitrogens with one attached hydrogen (secondary N) is 1. The van der Waals surface area contributed by atoms with E-state index in [9.17, 15) is 14.0 Å². The predicted molar refractivity (Wildman–Crippen MR) is 99.0 cm³/mol. The number of thiocarbonyl (C=S) groups is 1. The molecule has 0 unspecified atom stereocenters. The third-order valence-corrected chi connectivity index (χ3v) is 4.80. The molecule has 0 aliphatic carbocycles. The Morgan fingerprint density at radius 3 is 2.80 bits per heavy atom. The molecule has 1 atom stereocenters. The van der Waals surface area contributed by atoms with Gasteiger partial charge in [0.2, 0.25) is 0 Å². The van der Waals surface area contributed by atoms with Gasteiger partial charge >= 0.3 is 6.09 Å². The Morgan fingerprint density at radius 1 is 1.44 bits per heavy atom. The predicted octanol–water partition coefficient (Wildman–Crippen LogP) is 1.83. The molecule has 0 radical (unpaired) electrons. The number of carbonyl (C=O) groups is 2. The van der Waals surface area contributed by atoms with Gasteiger partial charge in [0.05, 0.1) is 24.5 Å². The fraction of sp³-hybridized carbons (Fsp3) is 0.400. The number of hydrogen-bond donors (Lipinski definition) is 2. The summed E-state index contributed by atoms with van der Waals surface area (Å²) in [6.07, 6.45) is -1.09. The molecule has 7 nitrogen and oxygen atoms in total. The van der Waals surface area contributed by atoms with Crippen molar-refractivity contribution in [2.45, 2.75) is 6.10 Å². The number of cyclic esters (lactones) is 1. The molecule has 2 amide bonds. The van der Waals surface area contributed by atoms with E-state index in [1.54, 1.807) is 17.0 Å². The first-order valence-electron chi connectivity index (χ1n) is 7.64. The van der Waals surface area contributed by atoms with Gasteiger partial charge in [-0.05, 0) is 30.4 Å². The van der Waals surface area contributed by atoms with E-state index in [2.05, 4.69) is 17.9 Å². The monoisotopic (exact) mass is 384 g/mol. The van der Waals surface area contributed by atoms with Crippen LogP contribution in [-0.2, 0) is 4.74 Å². The van der Waals surface area contributed by atoms with Crippen molar-refractivity contribution in [2.75, 3.05) is 43.0 Å². The molecule has 25 heavy (non-hydrogen) atoms. The molecular weight excluding hydrogens is 367 g/mol. The van der Waals surface area contributed by atoms with Gasteiger partial charge in [0.1, 0.15) is 11.9 Å². The number of anilines is 2. The summed E-state index contributed by atoms with van der Waals surface area (Å²) in [5.41, 5.74) is 0.772. The van der Waals surface area contributed by atoms with Crippen molar-refractivity contribution < 1.29 is 18.7 Å². The van der Waals surface area contributed by atoms with E-state index in [4.69, 9.17) is 17.0 Å². The molecule has 1 aromatic carbocycles. The van der Waals surface area contributed by atoms with Crippen LogP contribution in [0.3, 0.4) is 0 Å². The first kappa shape index (κ1) is 17.7. The van der Waals surface area contributed by atoms with Crippen molar-refractivity contribution in [3.8, 4) is 0 Å². The molecular formula is C15H17FN4O3S2. The zero-order chi connectivity index (χ0) is 18.1. The van der Waals surface area contributed by atoms with Crippen LogP contribution in [0.4, 0.5) is 25.4 Å². The Kier molecular flexibility index (Phi) is 5.00. The summed E-state index contributed by atoms with van der Waals surface area (Å²) in [5, 5.41) is 2.53. The second kappa shape index (κ2) is 7.04. The number of benzene rings is 1. The largest absolute Gasteiger partial charge is 0.442 e. The maximum absolute atomic E-state index is 14.6. The van der Waals surface area contributed by atoms with E-state index in [0.29, 0.717) is 23.0 Å². The summed E-state index contributed by atoms with van der Waals surface area (Å²) in [4.78, 5) is 27.7. The van der Waals surface area contributed by atoms with Crippen LogP contribution in [0.15, 0.2) is 18.2 Å². The molecule has 0 bridgehead atoms. The third-order valence-electron chi connectivity index (χ3n) is 4.11. The van der Waals surface area contributed by atoms with E-state index in [1.165, 1.54) is 11.0 Å². The van der Waals surface area contributed by atoms with Gasteiger partial charge in [-0.25, -0.2) is 9.18 Å². The molecule has 134 valence electrons. The average Bonchev–Trinajstić information content (AvgIpc) is 3.09. The highest BCUT2D eigenvalue weighted by atomic mass is 32.1. The number of halogens is 1. The van der Waals surface area contributed by atoms with Gasteiger partial charge in [0, 0.05) is 20.1 Å². The number of rotatable bonds is 4. The molecule has 10 heteroatoms. The first-order valence-corrected chi connectivity index (χ1v) is 8.49. The standard InChI is InChI=1S/C15H17FN4O3S2/c1-18-4-5-19(14(18)25)12-3-2-9(6-11(12)16)20-8-10(23-15(20)22)7-17-13(21)24/h2-3,6,10H,4-5,7-8H2,1H3,(H2,17,21,24)/t10-/m0/s1. The molecule has 2 fully saturated rings. The molecule has 2 heterocycles. The number of thiol groups is 1. The van der Waals surface area contributed by atoms with E-state index in [0.717, 1.165) is 6.54 Å². The smallest absolute Gasteiger partial charge is 0.414 e. The highest BCUT2D eigenvalue weighted by Crippen LogP contribution is 2.29. The Bertz CT molecular complexity index is 733. The van der Waals surface area contributed by atoms with E-state index >= 15 is 0 Å². The Balaban J connectivity index is 1.73. The molecule has 1 aromatic rings. The molecule has 2 saturated heterocycles. The SMILES string of the molecule is CN1CCN(c2ccc(N3C[C@H](CNC(=O)S)OC3=O)cc2F)C1=S. The number of likely N-dealkylation sites (N-methyl/N-ethyl adjacent to an activating group) is 1. The maximum Gasteiger partial charge on any atom is 0.414 e. The van der Waals surface area contributed by atoms with Gasteiger partial charge in [-0.2, -0.15) is 0 Å². The topological polar surface area (TPSA) is 65.1 Å². The molecule has 2 aliphatic heterocycles. The molecule has 2 aliphatic rings. The highest BCUT2D eigenvalue weighted by Gasteiger charge is 2.33. The first-order chi connectivity index (χ1) is 11.9. The van der Waals surface area contributed by atoms with Crippen molar-refractivity contribution in [1.82, 2.24) is 10.2 Å². The van der Waals surface area contributed by atoms with Crippen molar-refractivity contribution in [2.24, 2.45) is 0 Å². The van der Waals surface area contributed by atoms with Gasteiger partial charge in [-0.3, -0.25) is 9.69 Å². The Hall–Kier alpha value is -2.07. The van der Waals surface area contributed by atoms with Crippen molar-refractivity contribution >= 4 is 52.7 Å². The summed E-state index contributed by atoms with van der Waals surface area (Å²) >= 11 is 8.88. The van der Waals surface area contributed by atoms with Crippen molar-refractivity contribution in [3.05, 3.63) is 24.0 Å². The molecule has 0 spiro atoms. The number of amides is 2. The minimum atomic E-state index is -0.581. The van der Waals surface area contributed by atoms with Gasteiger partial charge in [-0.1, -0.05) is 12.6 Å². The average molecular weight is 384 g/mol. The van der Waals surface area contributed by atoms with Gasteiger partial charge in [-0.15, -0.1) is 0 Å². The Labute approximate surface area is 155 Å². The maximum atomic E-state index is 14.6. The van der Waals surface area contributed by atoms with Crippen LogP contribution in [0.25, 0.3) is 0 Å². The Morgan fingerprint density at radius 2 is 2.20 bits per heavy atom. The lowest BCUT2D eigenvalue weighted by Crippen LogP contribution is -2.32. The second-order valence-electron chi connectivity index (χ2n) is 5.79. The summed E-state index contributed by atoms with van der Waals surface area (Å²) in [5.74, 6) is -0.463. The van der Waals surface area contributed by atoms with Crippen LogP contribution in [0.2, 0.25) is 0 Å². The van der Waals surface area contributed by atoms with Crippen LogP contribution in [0.5, 0.6) is 0 Å². The lowest BCUT2D eigenvalue weighted by atomic mass is 10.2. The van der Waals surface area contributed by atoms with Gasteiger partial charge in [0.25, 0.3) is 5.24 Å². The summed E-state index contributed by atoms with van der Waals surface area (Å²) in [6.45, 7) is 1.72. The summed E-state index contributed by atoms with van der Waals surface area (Å²) in [6, 6.07) is 4.55. The van der Waals surface area contributed by atoms with E-state index < -0.39 is 23.3 Å². The zero-order valence-corrected chi connectivity index (χ0v) is 15.1. The molecule has 1 N–H and O–H groups in total. The second-order valence-corrected chi connectivity index (χ2v) is 6.57. The molecule has 0 saturated carbocycles. The van der Waals surface area contributed by atoms with Crippen LogP contribution < -0.4 is 15.1 Å². The highest BCUT2D eigenvalue weighted by molar-refractivity contribution is 7.96. The van der Waals surface area contributed by atoms with Crippen LogP contribution >= 0.6 is 24.8 Å². The lowest BCUT2D eigenvalue weighted by molar-refractivity contribution is 0.141. The molecule has 3 rings (SSSR count). The fourth-order valence-corrected chi connectivity index (χ4v) is 3.17. The number of carbonyl (C=O) groups excluding carboxylic acids is 2. The number of ether oxygens (including phenoxy) is 1. The number of nitrogens with zero attached hydrogens (tertiary/aromatic N) is 3. The quantitative estimate of drug-likeness (QED) is 0.610. The fourth-order valence-electron chi connectivity index (χ4n) is 2.79. The van der Waals surface area contributed by atoms with Crippen LogP contribution in [0, 0.1) is 5.82 Å². The third kappa shape index (κ3) is 3.64. The summed E-state index contributed by atoms with van der Waals surface area (Å²) in [7, 11) is 1.86. The van der Waals surface area contributed by atoms with Gasteiger partial charge in [0.15, 0.2) is 5.11 Å². The van der Waals surface area contributed by atoms with E-state index in [-0.39, 0.29) is 13.1 Å². The minimum absolute atomic E-state index is 0.152. The number of hydrogen-bond acceptors (Lipinski definition) is 4. The van der Waals surface area contributed by atoms with Crippen molar-refractivity contribution in [1.29, 1.82) is 0 Å². The molecule has 0 aromatic heterocycles. The van der Waals surface area contributed by atoms with Crippen LogP contribution in [-0.4, -0.2) is 60.7 Å². The van der Waals surface area contributed by atoms with Gasteiger partial charge < -0.3 is 19.9 Å².